The Morgan fingerprint density at radius 2 is 1.47 bits per heavy atom. The van der Waals surface area contributed by atoms with Gasteiger partial charge in [0.25, 0.3) is 5.97 Å². The molecule has 0 unspecified atom stereocenters. The molecule has 0 aliphatic heterocycles. The van der Waals surface area contributed by atoms with Crippen molar-refractivity contribution in [1.82, 2.24) is 0 Å². The van der Waals surface area contributed by atoms with Crippen LogP contribution in [0.4, 0.5) is 0 Å². The summed E-state index contributed by atoms with van der Waals surface area (Å²) >= 11 is 1.99. The van der Waals surface area contributed by atoms with E-state index < -0.39 is 0 Å². The average Bonchev–Trinajstić information content (AvgIpc) is 2.16. The van der Waals surface area contributed by atoms with Crippen LogP contribution >= 0.6 is 0 Å². The Morgan fingerprint density at radius 3 is 1.93 bits per heavy atom. The highest BCUT2D eigenvalue weighted by molar-refractivity contribution is 6.05. The molecule has 4 nitrogen and oxygen atoms in total. The Morgan fingerprint density at radius 1 is 1.00 bits per heavy atom. The molecule has 0 aliphatic rings. The lowest BCUT2D eigenvalue weighted by Gasteiger charge is -2.01. The molecule has 0 saturated carbocycles. The van der Waals surface area contributed by atoms with Gasteiger partial charge in [-0.1, -0.05) is 45.4 Å². The second kappa shape index (κ2) is 16.4. The summed E-state index contributed by atoms with van der Waals surface area (Å²) in [6.07, 6.45) is 9.23. The SMILES string of the molecule is CCCCCCCCCC(=O)[O][Al].O.O. The molecule has 0 atom stereocenters. The Balaban J connectivity index is -0.000000720. The maximum atomic E-state index is 10.7. The summed E-state index contributed by atoms with van der Waals surface area (Å²) in [5.41, 5.74) is 0. The molecule has 0 amide bonds. The molecule has 0 aromatic carbocycles. The summed E-state index contributed by atoms with van der Waals surface area (Å²) in [4.78, 5) is 10.7. The smallest absolute Gasteiger partial charge is 0.484 e. The van der Waals surface area contributed by atoms with Crippen molar-refractivity contribution in [3.63, 3.8) is 0 Å². The Bertz CT molecular complexity index is 131. The fourth-order valence-corrected chi connectivity index (χ4v) is 1.40. The van der Waals surface area contributed by atoms with Gasteiger partial charge >= 0.3 is 16.6 Å². The van der Waals surface area contributed by atoms with E-state index in [1.807, 2.05) is 16.6 Å². The molecule has 0 heterocycles. The lowest BCUT2D eigenvalue weighted by Crippen LogP contribution is -2.00. The number of unbranched alkanes of at least 4 members (excludes halogenated alkanes) is 6. The lowest BCUT2D eigenvalue weighted by atomic mass is 10.1. The number of hydrogen-bond acceptors (Lipinski definition) is 2. The van der Waals surface area contributed by atoms with Gasteiger partial charge in [0.05, 0.1) is 0 Å². The molecule has 5 heteroatoms. The molecule has 4 N–H and O–H groups in total. The van der Waals surface area contributed by atoms with E-state index in [4.69, 9.17) is 0 Å². The van der Waals surface area contributed by atoms with Gasteiger partial charge < -0.3 is 14.7 Å². The van der Waals surface area contributed by atoms with E-state index in [-0.39, 0.29) is 16.9 Å². The van der Waals surface area contributed by atoms with E-state index in [9.17, 15) is 4.79 Å². The second-order valence-corrected chi connectivity index (χ2v) is 3.60. The van der Waals surface area contributed by atoms with E-state index in [1.54, 1.807) is 0 Å². The third-order valence-corrected chi connectivity index (χ3v) is 2.38. The van der Waals surface area contributed by atoms with Crippen LogP contribution in [0, 0.1) is 0 Å². The van der Waals surface area contributed by atoms with Crippen LogP contribution < -0.4 is 0 Å². The summed E-state index contributed by atoms with van der Waals surface area (Å²) in [5, 5.41) is 0. The molecule has 0 aromatic rings. The number of carbonyl (C=O) groups is 1. The largest absolute Gasteiger partial charge is 0.628 e. The number of hydrogen-bond donors (Lipinski definition) is 0. The fraction of sp³-hybridized carbons (Fsp3) is 0.900. The summed E-state index contributed by atoms with van der Waals surface area (Å²) in [6.45, 7) is 2.22. The van der Waals surface area contributed by atoms with Crippen molar-refractivity contribution >= 4 is 22.6 Å². The predicted molar refractivity (Wildman–Crippen MR) is 61.7 cm³/mol. The molecule has 90 valence electrons. The van der Waals surface area contributed by atoms with Crippen LogP contribution in [0.25, 0.3) is 0 Å². The van der Waals surface area contributed by atoms with Crippen LogP contribution in [0.1, 0.15) is 58.3 Å². The highest BCUT2D eigenvalue weighted by atomic mass is 27.1. The van der Waals surface area contributed by atoms with Crippen molar-refractivity contribution in [3.8, 4) is 0 Å². The molecule has 0 aromatic heterocycles. The van der Waals surface area contributed by atoms with Gasteiger partial charge in [0.15, 0.2) is 0 Å². The van der Waals surface area contributed by atoms with E-state index >= 15 is 0 Å². The van der Waals surface area contributed by atoms with E-state index in [0.29, 0.717) is 6.42 Å². The first kappa shape index (κ1) is 20.3. The zero-order chi connectivity index (χ0) is 9.94. The van der Waals surface area contributed by atoms with Gasteiger partial charge in [-0.15, -0.1) is 0 Å². The molecule has 2 radical (unpaired) electrons. The normalized spacial score (nSPS) is 8.60. The first-order valence-corrected chi connectivity index (χ1v) is 5.68. The van der Waals surface area contributed by atoms with Gasteiger partial charge in [0.2, 0.25) is 0 Å². The summed E-state index contributed by atoms with van der Waals surface area (Å²) in [6, 6.07) is 0. The van der Waals surface area contributed by atoms with Gasteiger partial charge in [-0.05, 0) is 6.42 Å². The van der Waals surface area contributed by atoms with Crippen molar-refractivity contribution in [2.45, 2.75) is 58.3 Å². The minimum Gasteiger partial charge on any atom is -0.628 e. The topological polar surface area (TPSA) is 89.3 Å². The average molecular weight is 234 g/mol. The van der Waals surface area contributed by atoms with E-state index in [1.165, 1.54) is 32.1 Å². The summed E-state index contributed by atoms with van der Waals surface area (Å²) < 4.78 is 4.47. The molecule has 0 fully saturated rings. The summed E-state index contributed by atoms with van der Waals surface area (Å²) in [7, 11) is 0. The van der Waals surface area contributed by atoms with Crippen molar-refractivity contribution in [2.24, 2.45) is 0 Å². The van der Waals surface area contributed by atoms with Gasteiger partial charge in [-0.2, -0.15) is 0 Å². The maximum Gasteiger partial charge on any atom is 0.484 e. The molecule has 0 rings (SSSR count). The molecule has 0 spiro atoms. The predicted octanol–water partition coefficient (Wildman–Crippen LogP) is 1.10. The maximum absolute atomic E-state index is 10.7. The third kappa shape index (κ3) is 16.6. The Labute approximate surface area is 101 Å². The first-order valence-electron chi connectivity index (χ1n) is 5.20. The van der Waals surface area contributed by atoms with E-state index in [0.717, 1.165) is 12.8 Å². The van der Waals surface area contributed by atoms with Crippen LogP contribution in [0.5, 0.6) is 0 Å². The number of rotatable bonds is 8. The third-order valence-electron chi connectivity index (χ3n) is 2.12. The summed E-state index contributed by atoms with van der Waals surface area (Å²) in [5.74, 6) is -0.112. The standard InChI is InChI=1S/C10H20O2.Al.2H2O/c1-2-3-4-5-6-7-8-9-10(11)12;;;/h2-9H2,1H3,(H,11,12);;2*1H2/q;+1;;/p-1. The lowest BCUT2D eigenvalue weighted by molar-refractivity contribution is -0.134. The fourth-order valence-electron chi connectivity index (χ4n) is 1.29. The Hall–Kier alpha value is -0.0775. The molecular formula is C10H23AlO4. The van der Waals surface area contributed by atoms with Crippen LogP contribution in [0.2, 0.25) is 0 Å². The van der Waals surface area contributed by atoms with Crippen molar-refractivity contribution < 1.29 is 19.5 Å². The zero-order valence-corrected chi connectivity index (χ0v) is 10.7. The Kier molecular flexibility index (Phi) is 22.2. The van der Waals surface area contributed by atoms with Crippen LogP contribution in [-0.4, -0.2) is 33.5 Å². The van der Waals surface area contributed by atoms with Crippen molar-refractivity contribution in [2.75, 3.05) is 0 Å². The highest BCUT2D eigenvalue weighted by Gasteiger charge is 1.97. The van der Waals surface area contributed by atoms with Gasteiger partial charge in [0.1, 0.15) is 0 Å². The van der Waals surface area contributed by atoms with Gasteiger partial charge in [-0.3, -0.25) is 4.79 Å². The second-order valence-electron chi connectivity index (χ2n) is 3.36. The molecule has 15 heavy (non-hydrogen) atoms. The minimum atomic E-state index is -0.112. The van der Waals surface area contributed by atoms with Crippen LogP contribution in [-0.2, 0) is 8.58 Å². The van der Waals surface area contributed by atoms with E-state index in [2.05, 4.69) is 10.7 Å². The first-order chi connectivity index (χ1) is 6.31. The van der Waals surface area contributed by atoms with Crippen LogP contribution in [0.3, 0.4) is 0 Å². The molecule has 0 bridgehead atoms. The van der Waals surface area contributed by atoms with Crippen LogP contribution in [0.15, 0.2) is 0 Å². The highest BCUT2D eigenvalue weighted by Crippen LogP contribution is 2.08. The quantitative estimate of drug-likeness (QED) is 0.465. The molecule has 0 saturated heterocycles. The van der Waals surface area contributed by atoms with Gasteiger partial charge in [0, 0.05) is 6.42 Å². The monoisotopic (exact) mass is 234 g/mol. The van der Waals surface area contributed by atoms with Crippen molar-refractivity contribution in [3.05, 3.63) is 0 Å². The minimum absolute atomic E-state index is 0. The van der Waals surface area contributed by atoms with Crippen molar-refractivity contribution in [1.29, 1.82) is 0 Å². The zero-order valence-electron chi connectivity index (χ0n) is 9.55. The number of carbonyl (C=O) groups excluding carboxylic acids is 1. The van der Waals surface area contributed by atoms with Gasteiger partial charge in [-0.25, -0.2) is 0 Å². The molecule has 0 aliphatic carbocycles. The molecular weight excluding hydrogens is 211 g/mol.